The van der Waals surface area contributed by atoms with Crippen molar-refractivity contribution in [1.29, 1.82) is 0 Å². The molecule has 0 N–H and O–H groups in total. The van der Waals surface area contributed by atoms with E-state index in [1.54, 1.807) is 0 Å². The van der Waals surface area contributed by atoms with Crippen LogP contribution in [0.15, 0.2) is 97.1 Å². The Bertz CT molecular complexity index is 1430. The highest BCUT2D eigenvalue weighted by molar-refractivity contribution is 7.85. The minimum atomic E-state index is -3.68. The molecule has 4 aromatic carbocycles. The van der Waals surface area contributed by atoms with Gasteiger partial charge >= 0.3 is 0 Å². The van der Waals surface area contributed by atoms with Crippen molar-refractivity contribution in [3.8, 4) is 33.8 Å². The van der Waals surface area contributed by atoms with Gasteiger partial charge in [-0.25, -0.2) is 0 Å². The van der Waals surface area contributed by atoms with E-state index in [9.17, 15) is 0 Å². The van der Waals surface area contributed by atoms with Gasteiger partial charge in [-0.05, 0) is 41.8 Å². The van der Waals surface area contributed by atoms with Gasteiger partial charge in [0.25, 0.3) is 14.7 Å². The van der Waals surface area contributed by atoms with Crippen LogP contribution in [0.5, 0.6) is 11.5 Å². The van der Waals surface area contributed by atoms with Crippen molar-refractivity contribution in [2.45, 2.75) is 38.0 Å². The zero-order valence-electron chi connectivity index (χ0n) is 20.2. The zero-order chi connectivity index (χ0) is 24.8. The smallest absolute Gasteiger partial charge is 0.291 e. The average Bonchev–Trinajstić information content (AvgIpc) is 2.91. The summed E-state index contributed by atoms with van der Waals surface area (Å²) in [6, 6.07) is 30.7. The topological polar surface area (TPSA) is 52.6 Å². The summed E-state index contributed by atoms with van der Waals surface area (Å²) in [5.74, 6) is 1.13. The summed E-state index contributed by atoms with van der Waals surface area (Å²) in [5, 5.41) is 0.446. The van der Waals surface area contributed by atoms with Crippen LogP contribution in [-0.4, -0.2) is 5.40 Å². The normalized spacial score (nSPS) is 22.1. The number of hydrogen-bond acceptors (Lipinski definition) is 4. The minimum Gasteiger partial charge on any atom is -0.439 e. The van der Waals surface area contributed by atoms with Crippen LogP contribution >= 0.6 is 14.7 Å². The van der Waals surface area contributed by atoms with E-state index in [1.807, 2.05) is 97.1 Å². The van der Waals surface area contributed by atoms with E-state index in [0.29, 0.717) is 28.5 Å². The lowest BCUT2D eigenvalue weighted by molar-refractivity contribution is 0.457. The second-order valence-electron chi connectivity index (χ2n) is 9.38. The molecule has 0 fully saturated rings. The molecule has 4 aromatic rings. The molecule has 2 heterocycles. The zero-order valence-corrected chi connectivity index (χ0v) is 22.0. The lowest BCUT2D eigenvalue weighted by Gasteiger charge is -2.39. The maximum absolute atomic E-state index is 15.3. The lowest BCUT2D eigenvalue weighted by atomic mass is 10.0. The lowest BCUT2D eigenvalue weighted by Crippen LogP contribution is -2.32. The molecule has 2 atom stereocenters. The highest BCUT2D eigenvalue weighted by atomic mass is 31.2. The van der Waals surface area contributed by atoms with E-state index in [2.05, 4.69) is 6.92 Å². The second-order valence-corrected chi connectivity index (χ2v) is 14.8. The molecule has 0 radical (unpaired) electrons. The van der Waals surface area contributed by atoms with Crippen molar-refractivity contribution in [1.82, 2.24) is 0 Å². The van der Waals surface area contributed by atoms with Crippen LogP contribution < -0.4 is 19.7 Å². The molecule has 0 bridgehead atoms. The van der Waals surface area contributed by atoms with Gasteiger partial charge in [0.1, 0.15) is 16.9 Å². The van der Waals surface area contributed by atoms with Crippen LogP contribution in [0.2, 0.25) is 0 Å². The summed E-state index contributed by atoms with van der Waals surface area (Å²) >= 11 is 0. The third-order valence-corrected chi connectivity index (χ3v) is 14.1. The Morgan fingerprint density at radius 1 is 0.583 bits per heavy atom. The van der Waals surface area contributed by atoms with Crippen molar-refractivity contribution in [2.24, 2.45) is 0 Å². The molecule has 0 spiro atoms. The van der Waals surface area contributed by atoms with E-state index >= 15 is 9.13 Å². The number of fused-ring (bicyclic) bond motifs is 6. The first kappa shape index (κ1) is 23.3. The molecule has 0 saturated heterocycles. The quantitative estimate of drug-likeness (QED) is 0.192. The molecule has 182 valence electrons. The van der Waals surface area contributed by atoms with Crippen molar-refractivity contribution in [3.63, 3.8) is 0 Å². The first-order valence-electron chi connectivity index (χ1n) is 12.5. The Balaban J connectivity index is 1.58. The molecule has 4 nitrogen and oxygen atoms in total. The Morgan fingerprint density at radius 2 is 1.00 bits per heavy atom. The monoisotopic (exact) mass is 514 g/mol. The minimum absolute atomic E-state index is 0.482. The molecule has 2 unspecified atom stereocenters. The predicted octanol–water partition coefficient (Wildman–Crippen LogP) is 8.22. The van der Waals surface area contributed by atoms with Crippen LogP contribution in [0.1, 0.15) is 32.6 Å². The largest absolute Gasteiger partial charge is 0.439 e. The van der Waals surface area contributed by atoms with Gasteiger partial charge in [-0.3, -0.25) is 9.13 Å². The summed E-state index contributed by atoms with van der Waals surface area (Å²) in [7, 11) is -7.35. The number of rotatable bonds is 6. The van der Waals surface area contributed by atoms with Gasteiger partial charge in [0.15, 0.2) is 0 Å². The molecule has 0 amide bonds. The summed E-state index contributed by atoms with van der Waals surface area (Å²) < 4.78 is 43.5. The molecule has 0 saturated carbocycles. The van der Waals surface area contributed by atoms with Gasteiger partial charge in [-0.1, -0.05) is 99.0 Å². The second kappa shape index (κ2) is 9.11. The number of benzene rings is 4. The number of hydrogen-bond donors (Lipinski definition) is 0. The van der Waals surface area contributed by atoms with Crippen molar-refractivity contribution in [3.05, 3.63) is 97.1 Å². The molecule has 2 aliphatic heterocycles. The number of para-hydroxylation sites is 2. The number of unbranched alkanes of at least 4 members (excludes halogenated alkanes) is 2. The van der Waals surface area contributed by atoms with Crippen LogP contribution in [-0.2, 0) is 9.13 Å². The molecule has 2 aliphatic rings. The fourth-order valence-corrected chi connectivity index (χ4v) is 12.7. The van der Waals surface area contributed by atoms with Crippen LogP contribution in [0.3, 0.4) is 0 Å². The van der Waals surface area contributed by atoms with Gasteiger partial charge in [0, 0.05) is 11.1 Å². The fraction of sp³-hybridized carbons (Fsp3) is 0.200. The first-order chi connectivity index (χ1) is 17.6. The van der Waals surface area contributed by atoms with E-state index < -0.39 is 20.1 Å². The van der Waals surface area contributed by atoms with Crippen molar-refractivity contribution >= 4 is 25.3 Å². The van der Waals surface area contributed by atoms with Crippen molar-refractivity contribution in [2.75, 3.05) is 0 Å². The predicted molar refractivity (Wildman–Crippen MR) is 147 cm³/mol. The average molecular weight is 514 g/mol. The Morgan fingerprint density at radius 3 is 1.47 bits per heavy atom. The van der Waals surface area contributed by atoms with E-state index in [0.717, 1.165) is 41.5 Å². The third-order valence-electron chi connectivity index (χ3n) is 7.15. The van der Waals surface area contributed by atoms with E-state index in [1.165, 1.54) is 0 Å². The van der Waals surface area contributed by atoms with Crippen LogP contribution in [0.4, 0.5) is 0 Å². The summed E-state index contributed by atoms with van der Waals surface area (Å²) in [5.41, 5.74) is 3.56. The Labute approximate surface area is 212 Å². The van der Waals surface area contributed by atoms with Crippen LogP contribution in [0, 0.1) is 0 Å². The molecule has 6 heteroatoms. The SMILES string of the molecule is CCCCCC(P1(=O)Oc2ccccc2-c2ccccc21)P1(=O)Oc2ccccc2-c2ccccc21. The highest BCUT2D eigenvalue weighted by Gasteiger charge is 2.55. The van der Waals surface area contributed by atoms with Gasteiger partial charge in [0.05, 0.1) is 10.6 Å². The summed E-state index contributed by atoms with van der Waals surface area (Å²) in [6.07, 6.45) is 3.22. The molecular formula is C30H28O4P2. The van der Waals surface area contributed by atoms with Gasteiger partial charge in [0.2, 0.25) is 0 Å². The van der Waals surface area contributed by atoms with E-state index in [-0.39, 0.29) is 0 Å². The summed E-state index contributed by atoms with van der Waals surface area (Å²) in [4.78, 5) is 0. The first-order valence-corrected chi connectivity index (χ1v) is 15.9. The van der Waals surface area contributed by atoms with Gasteiger partial charge in [-0.2, -0.15) is 0 Å². The van der Waals surface area contributed by atoms with Crippen LogP contribution in [0.25, 0.3) is 22.3 Å². The van der Waals surface area contributed by atoms with Gasteiger partial charge in [-0.15, -0.1) is 0 Å². The molecule has 0 aliphatic carbocycles. The Hall–Kier alpha value is -3.06. The molecular weight excluding hydrogens is 486 g/mol. The standard InChI is InChI=1S/C30H28O4P2/c1-2-3-4-21-30(35(31)28-19-11-7-15-24(28)22-13-5-9-17-26(22)33-35)36(32)29-20-12-8-16-25(29)23-14-6-10-18-27(23)34-36/h5-20,30H,2-4,21H2,1H3. The fourth-order valence-electron chi connectivity index (χ4n) is 5.43. The summed E-state index contributed by atoms with van der Waals surface area (Å²) in [6.45, 7) is 2.13. The highest BCUT2D eigenvalue weighted by Crippen LogP contribution is 2.72. The maximum atomic E-state index is 15.3. The maximum Gasteiger partial charge on any atom is 0.291 e. The van der Waals surface area contributed by atoms with E-state index in [4.69, 9.17) is 9.05 Å². The molecule has 36 heavy (non-hydrogen) atoms. The molecule has 6 rings (SSSR count). The third kappa shape index (κ3) is 3.59. The van der Waals surface area contributed by atoms with Gasteiger partial charge < -0.3 is 9.05 Å². The Kier molecular flexibility index (Phi) is 5.91. The molecule has 0 aromatic heterocycles. The van der Waals surface area contributed by atoms with Crippen molar-refractivity contribution < 1.29 is 18.2 Å².